The van der Waals surface area contributed by atoms with E-state index in [1.54, 1.807) is 38.1 Å². The van der Waals surface area contributed by atoms with Crippen LogP contribution in [0.25, 0.3) is 0 Å². The highest BCUT2D eigenvalue weighted by molar-refractivity contribution is 5.93. The van der Waals surface area contributed by atoms with Gasteiger partial charge < -0.3 is 30.9 Å². The lowest BCUT2D eigenvalue weighted by Crippen LogP contribution is -2.56. The van der Waals surface area contributed by atoms with Crippen molar-refractivity contribution in [1.29, 1.82) is 0 Å². The maximum atomic E-state index is 12.5. The summed E-state index contributed by atoms with van der Waals surface area (Å²) < 4.78 is 15.5. The Labute approximate surface area is 201 Å². The highest BCUT2D eigenvalue weighted by atomic mass is 19.1. The van der Waals surface area contributed by atoms with Gasteiger partial charge in [0.05, 0.1) is 6.42 Å². The second-order valence-electron chi connectivity index (χ2n) is 7.63. The summed E-state index contributed by atoms with van der Waals surface area (Å²) in [6, 6.07) is 3.78. The Morgan fingerprint density at radius 1 is 0.914 bits per heavy atom. The highest BCUT2D eigenvalue weighted by Crippen LogP contribution is 2.05. The number of hydrogen-bond acceptors (Lipinski definition) is 7. The third-order valence-corrected chi connectivity index (χ3v) is 4.18. The molecule has 0 fully saturated rings. The molecule has 1 aromatic carbocycles. The Morgan fingerprint density at radius 2 is 1.46 bits per heavy atom. The molecule has 3 atom stereocenters. The SMILES string of the molecule is CC(=O)F.CC(C)[C@H](NC(=O)OCc1ccccc1)C(=O)N[C@@H](C)C(=O)NC(CC(=O)O)C(=O)O. The average molecular weight is 499 g/mol. The molecule has 0 aromatic heterocycles. The van der Waals surface area contributed by atoms with Crippen LogP contribution < -0.4 is 16.0 Å². The second kappa shape index (κ2) is 15.7. The van der Waals surface area contributed by atoms with Gasteiger partial charge in [0.25, 0.3) is 6.04 Å². The van der Waals surface area contributed by atoms with E-state index in [0.29, 0.717) is 0 Å². The van der Waals surface area contributed by atoms with Gasteiger partial charge in [-0.2, -0.15) is 4.39 Å². The number of hydrogen-bond donors (Lipinski definition) is 5. The van der Waals surface area contributed by atoms with Gasteiger partial charge >= 0.3 is 18.0 Å². The van der Waals surface area contributed by atoms with Crippen LogP contribution in [0.15, 0.2) is 30.3 Å². The van der Waals surface area contributed by atoms with Crippen LogP contribution in [-0.4, -0.2) is 64.2 Å². The van der Waals surface area contributed by atoms with Crippen molar-refractivity contribution in [3.8, 4) is 0 Å². The first-order valence-corrected chi connectivity index (χ1v) is 10.4. The Morgan fingerprint density at radius 3 is 1.91 bits per heavy atom. The summed E-state index contributed by atoms with van der Waals surface area (Å²) in [5.41, 5.74) is 0.767. The molecule has 194 valence electrons. The van der Waals surface area contributed by atoms with E-state index in [4.69, 9.17) is 19.7 Å². The second-order valence-corrected chi connectivity index (χ2v) is 7.63. The van der Waals surface area contributed by atoms with Crippen LogP contribution in [0.4, 0.5) is 9.18 Å². The van der Waals surface area contributed by atoms with E-state index >= 15 is 0 Å². The van der Waals surface area contributed by atoms with Crippen molar-refractivity contribution in [2.45, 2.75) is 58.8 Å². The minimum atomic E-state index is -1.64. The number of carboxylic acids is 2. The molecule has 0 heterocycles. The smallest absolute Gasteiger partial charge is 0.408 e. The fourth-order valence-electron chi connectivity index (χ4n) is 2.47. The van der Waals surface area contributed by atoms with Crippen LogP contribution in [0.2, 0.25) is 0 Å². The summed E-state index contributed by atoms with van der Waals surface area (Å²) in [5, 5.41) is 24.6. The first-order valence-electron chi connectivity index (χ1n) is 10.4. The average Bonchev–Trinajstić information content (AvgIpc) is 2.75. The van der Waals surface area contributed by atoms with Crippen molar-refractivity contribution in [2.24, 2.45) is 5.92 Å². The van der Waals surface area contributed by atoms with E-state index in [2.05, 4.69) is 16.0 Å². The van der Waals surface area contributed by atoms with Crippen LogP contribution >= 0.6 is 0 Å². The van der Waals surface area contributed by atoms with Gasteiger partial charge in [-0.25, -0.2) is 9.59 Å². The molecule has 0 aliphatic rings. The molecule has 0 aliphatic heterocycles. The summed E-state index contributed by atoms with van der Waals surface area (Å²) in [7, 11) is 0. The molecule has 0 radical (unpaired) electrons. The van der Waals surface area contributed by atoms with E-state index in [1.807, 2.05) is 6.07 Å². The molecular formula is C22H30FN3O9. The molecule has 0 bridgehead atoms. The molecule has 3 amide bonds. The van der Waals surface area contributed by atoms with Crippen molar-refractivity contribution in [1.82, 2.24) is 16.0 Å². The largest absolute Gasteiger partial charge is 0.481 e. The Hall–Kier alpha value is -4.03. The highest BCUT2D eigenvalue weighted by Gasteiger charge is 2.29. The lowest BCUT2D eigenvalue weighted by atomic mass is 10.0. The molecule has 12 nitrogen and oxygen atoms in total. The maximum Gasteiger partial charge on any atom is 0.408 e. The molecule has 35 heavy (non-hydrogen) atoms. The molecule has 1 rings (SSSR count). The number of halogens is 1. The minimum Gasteiger partial charge on any atom is -0.481 e. The third-order valence-electron chi connectivity index (χ3n) is 4.18. The van der Waals surface area contributed by atoms with Crippen molar-refractivity contribution in [2.75, 3.05) is 0 Å². The number of carbonyl (C=O) groups excluding carboxylic acids is 4. The van der Waals surface area contributed by atoms with Crippen molar-refractivity contribution < 1.29 is 48.1 Å². The Balaban J connectivity index is 0.00000267. The van der Waals surface area contributed by atoms with E-state index in [9.17, 15) is 28.4 Å². The molecule has 0 aliphatic carbocycles. The van der Waals surface area contributed by atoms with Crippen molar-refractivity contribution in [3.63, 3.8) is 0 Å². The Kier molecular flexibility index (Phi) is 13.9. The number of amides is 3. The number of rotatable bonds is 11. The van der Waals surface area contributed by atoms with Crippen LogP contribution in [0, 0.1) is 5.92 Å². The summed E-state index contributed by atoms with van der Waals surface area (Å²) >= 11 is 0. The lowest BCUT2D eigenvalue weighted by Gasteiger charge is -2.24. The molecule has 1 aromatic rings. The topological polar surface area (TPSA) is 188 Å². The molecule has 0 saturated heterocycles. The molecule has 0 spiro atoms. The number of carboxylic acid groups (broad SMARTS) is 2. The minimum absolute atomic E-state index is 0.0120. The van der Waals surface area contributed by atoms with Crippen molar-refractivity contribution in [3.05, 3.63) is 35.9 Å². The van der Waals surface area contributed by atoms with Crippen LogP contribution in [0.5, 0.6) is 0 Å². The fraction of sp³-hybridized carbons (Fsp3) is 0.455. The first kappa shape index (κ1) is 31.0. The number of alkyl carbamates (subject to hydrolysis) is 1. The van der Waals surface area contributed by atoms with E-state index < -0.39 is 60.4 Å². The zero-order chi connectivity index (χ0) is 27.1. The van der Waals surface area contributed by atoms with Crippen LogP contribution in [0.3, 0.4) is 0 Å². The van der Waals surface area contributed by atoms with Gasteiger partial charge in [0.1, 0.15) is 24.7 Å². The number of benzene rings is 1. The number of carbonyl (C=O) groups is 6. The zero-order valence-electron chi connectivity index (χ0n) is 19.7. The maximum absolute atomic E-state index is 12.5. The number of aliphatic carboxylic acids is 2. The lowest BCUT2D eigenvalue weighted by molar-refractivity contribution is -0.147. The summed E-state index contributed by atoms with van der Waals surface area (Å²) in [6.45, 7) is 5.54. The van der Waals surface area contributed by atoms with Gasteiger partial charge in [-0.1, -0.05) is 44.2 Å². The van der Waals surface area contributed by atoms with Gasteiger partial charge in [0.15, 0.2) is 0 Å². The van der Waals surface area contributed by atoms with Gasteiger partial charge in [-0.15, -0.1) is 0 Å². The first-order chi connectivity index (χ1) is 16.2. The standard InChI is InChI=1S/C20H27N3O8.C2H3FO/c1-11(2)16(23-20(30)31-10-13-7-5-4-6-8-13)18(27)21-12(3)17(26)22-14(19(28)29)9-15(24)25;1-2(3)4/h4-8,11-12,14,16H,9-10H2,1-3H3,(H,21,27)(H,22,26)(H,23,30)(H,24,25)(H,28,29);1H3/t12-,14?,16-;/m0./s1. The molecular weight excluding hydrogens is 469 g/mol. The normalized spacial score (nSPS) is 12.6. The van der Waals surface area contributed by atoms with Gasteiger partial charge in [0.2, 0.25) is 11.8 Å². The van der Waals surface area contributed by atoms with Crippen molar-refractivity contribution >= 4 is 35.9 Å². The zero-order valence-corrected chi connectivity index (χ0v) is 19.7. The Bertz CT molecular complexity index is 889. The number of ether oxygens (including phenoxy) is 1. The summed E-state index contributed by atoms with van der Waals surface area (Å²) in [6.07, 6.45) is -1.63. The summed E-state index contributed by atoms with van der Waals surface area (Å²) in [5.74, 6) is -4.83. The predicted octanol–water partition coefficient (Wildman–Crippen LogP) is 0.989. The van der Waals surface area contributed by atoms with Gasteiger partial charge in [-0.05, 0) is 18.4 Å². The molecule has 5 N–H and O–H groups in total. The summed E-state index contributed by atoms with van der Waals surface area (Å²) in [4.78, 5) is 67.3. The molecule has 0 saturated carbocycles. The van der Waals surface area contributed by atoms with E-state index in [-0.39, 0.29) is 12.5 Å². The monoisotopic (exact) mass is 499 g/mol. The van der Waals surface area contributed by atoms with E-state index in [0.717, 1.165) is 12.5 Å². The van der Waals surface area contributed by atoms with E-state index in [1.165, 1.54) is 6.92 Å². The van der Waals surface area contributed by atoms with Gasteiger partial charge in [0, 0.05) is 6.92 Å². The molecule has 13 heteroatoms. The number of nitrogens with one attached hydrogen (secondary N) is 3. The molecule has 1 unspecified atom stereocenters. The van der Waals surface area contributed by atoms with Crippen LogP contribution in [-0.2, 0) is 35.3 Å². The fourth-order valence-corrected chi connectivity index (χ4v) is 2.47. The predicted molar refractivity (Wildman–Crippen MR) is 120 cm³/mol. The quantitative estimate of drug-likeness (QED) is 0.277. The van der Waals surface area contributed by atoms with Crippen LogP contribution in [0.1, 0.15) is 39.7 Å². The third kappa shape index (κ3) is 14.0. The van der Waals surface area contributed by atoms with Gasteiger partial charge in [-0.3, -0.25) is 19.2 Å².